The zero-order chi connectivity index (χ0) is 13.3. The lowest BCUT2D eigenvalue weighted by atomic mass is 10.0. The fourth-order valence-corrected chi connectivity index (χ4v) is 3.65. The highest BCUT2D eigenvalue weighted by Crippen LogP contribution is 2.38. The van der Waals surface area contributed by atoms with Gasteiger partial charge in [0.25, 0.3) is 0 Å². The Morgan fingerprint density at radius 2 is 1.72 bits per heavy atom. The predicted octanol–water partition coefficient (Wildman–Crippen LogP) is 6.49. The van der Waals surface area contributed by atoms with Crippen LogP contribution in [0.3, 0.4) is 0 Å². The van der Waals surface area contributed by atoms with Crippen molar-refractivity contribution in [3.63, 3.8) is 0 Å². The van der Waals surface area contributed by atoms with E-state index in [9.17, 15) is 4.39 Å². The van der Waals surface area contributed by atoms with Gasteiger partial charge in [0.2, 0.25) is 0 Å². The molecule has 0 aliphatic rings. The Morgan fingerprint density at radius 1 is 1.00 bits per heavy atom. The van der Waals surface area contributed by atoms with E-state index >= 15 is 0 Å². The number of hydrogen-bond acceptors (Lipinski definition) is 0. The van der Waals surface area contributed by atoms with Crippen molar-refractivity contribution in [2.45, 2.75) is 4.83 Å². The minimum absolute atomic E-state index is 0.235. The smallest absolute Gasteiger partial charge is 0.129 e. The zero-order valence-electron chi connectivity index (χ0n) is 8.93. The molecule has 0 aromatic heterocycles. The van der Waals surface area contributed by atoms with Crippen LogP contribution in [0, 0.1) is 5.82 Å². The summed E-state index contributed by atoms with van der Waals surface area (Å²) in [5, 5.41) is 0.393. The van der Waals surface area contributed by atoms with E-state index in [1.165, 1.54) is 6.07 Å². The van der Waals surface area contributed by atoms with Gasteiger partial charge in [0.15, 0.2) is 0 Å². The molecular formula is C13H7Br3ClF. The quantitative estimate of drug-likeness (QED) is 0.453. The maximum Gasteiger partial charge on any atom is 0.129 e. The molecule has 0 fully saturated rings. The Balaban J connectivity index is 2.47. The highest BCUT2D eigenvalue weighted by atomic mass is 79.9. The fraction of sp³-hybridized carbons (Fsp3) is 0.0769. The lowest BCUT2D eigenvalue weighted by molar-refractivity contribution is 0.613. The molecule has 1 atom stereocenters. The number of halogens is 5. The first-order valence-corrected chi connectivity index (χ1v) is 7.91. The summed E-state index contributed by atoms with van der Waals surface area (Å²) in [5.74, 6) is -0.323. The molecule has 0 saturated carbocycles. The second kappa shape index (κ2) is 6.04. The van der Waals surface area contributed by atoms with Crippen LogP contribution in [-0.2, 0) is 0 Å². The molecule has 0 nitrogen and oxygen atoms in total. The molecule has 0 bridgehead atoms. The molecule has 2 rings (SSSR count). The first-order valence-electron chi connectivity index (χ1n) is 5.03. The topological polar surface area (TPSA) is 0 Å². The summed E-state index contributed by atoms with van der Waals surface area (Å²) in [5.41, 5.74) is 1.50. The fourth-order valence-electron chi connectivity index (χ4n) is 1.58. The molecule has 0 spiro atoms. The van der Waals surface area contributed by atoms with Crippen LogP contribution in [0.5, 0.6) is 0 Å². The Bertz CT molecular complexity index is 586. The van der Waals surface area contributed by atoms with Crippen molar-refractivity contribution >= 4 is 59.4 Å². The highest BCUT2D eigenvalue weighted by molar-refractivity contribution is 9.11. The Labute approximate surface area is 135 Å². The second-order valence-corrected chi connectivity index (χ2v) is 6.82. The summed E-state index contributed by atoms with van der Waals surface area (Å²) >= 11 is 16.2. The van der Waals surface area contributed by atoms with Crippen LogP contribution in [0.2, 0.25) is 5.02 Å². The third-order valence-electron chi connectivity index (χ3n) is 2.47. The van der Waals surface area contributed by atoms with Gasteiger partial charge in [-0.05, 0) is 35.9 Å². The van der Waals surface area contributed by atoms with Crippen molar-refractivity contribution in [1.82, 2.24) is 0 Å². The lowest BCUT2D eigenvalue weighted by Gasteiger charge is -2.14. The standard InChI is InChI=1S/C13H7Br3ClF/c14-7-1-4-11(15)10(5-7)13(16)9-3-2-8(17)6-12(9)18/h1-6,13H. The number of benzene rings is 2. The van der Waals surface area contributed by atoms with Crippen molar-refractivity contribution in [3.8, 4) is 0 Å². The van der Waals surface area contributed by atoms with E-state index in [0.29, 0.717) is 10.6 Å². The van der Waals surface area contributed by atoms with Gasteiger partial charge < -0.3 is 0 Å². The summed E-state index contributed by atoms with van der Waals surface area (Å²) in [4.78, 5) is -0.235. The van der Waals surface area contributed by atoms with Gasteiger partial charge in [-0.2, -0.15) is 0 Å². The second-order valence-electron chi connectivity index (χ2n) is 3.69. The maximum absolute atomic E-state index is 13.9. The van der Waals surface area contributed by atoms with Crippen molar-refractivity contribution in [3.05, 3.63) is 67.3 Å². The predicted molar refractivity (Wildman–Crippen MR) is 84.0 cm³/mol. The summed E-state index contributed by atoms with van der Waals surface area (Å²) in [7, 11) is 0. The van der Waals surface area contributed by atoms with Crippen LogP contribution in [0.15, 0.2) is 45.3 Å². The number of rotatable bonds is 2. The minimum Gasteiger partial charge on any atom is -0.207 e. The Morgan fingerprint density at radius 3 is 2.39 bits per heavy atom. The van der Waals surface area contributed by atoms with Gasteiger partial charge in [-0.1, -0.05) is 65.5 Å². The molecule has 1 unspecified atom stereocenters. The summed E-state index contributed by atoms with van der Waals surface area (Å²) < 4.78 is 15.7. The maximum atomic E-state index is 13.9. The SMILES string of the molecule is Fc1cc(Cl)ccc1C(Br)c1cc(Br)ccc1Br. The van der Waals surface area contributed by atoms with Crippen LogP contribution in [0.1, 0.15) is 16.0 Å². The normalized spacial score (nSPS) is 12.5. The molecule has 0 aliphatic carbocycles. The van der Waals surface area contributed by atoms with Crippen molar-refractivity contribution in [1.29, 1.82) is 0 Å². The van der Waals surface area contributed by atoms with E-state index in [0.717, 1.165) is 14.5 Å². The molecule has 94 valence electrons. The van der Waals surface area contributed by atoms with E-state index < -0.39 is 0 Å². The van der Waals surface area contributed by atoms with Crippen LogP contribution in [-0.4, -0.2) is 0 Å². The third-order valence-corrected chi connectivity index (χ3v) is 4.90. The van der Waals surface area contributed by atoms with Gasteiger partial charge in [0.05, 0.1) is 4.83 Å². The molecule has 18 heavy (non-hydrogen) atoms. The number of alkyl halides is 1. The third kappa shape index (κ3) is 3.16. The van der Waals surface area contributed by atoms with E-state index in [2.05, 4.69) is 47.8 Å². The number of hydrogen-bond donors (Lipinski definition) is 0. The largest absolute Gasteiger partial charge is 0.207 e. The summed E-state index contributed by atoms with van der Waals surface area (Å²) in [6, 6.07) is 10.5. The molecule has 0 amide bonds. The molecule has 0 saturated heterocycles. The Kier molecular flexibility index (Phi) is 4.86. The van der Waals surface area contributed by atoms with Gasteiger partial charge in [0.1, 0.15) is 5.82 Å². The lowest BCUT2D eigenvalue weighted by Crippen LogP contribution is -1.97. The highest BCUT2D eigenvalue weighted by Gasteiger charge is 2.17. The van der Waals surface area contributed by atoms with Gasteiger partial charge >= 0.3 is 0 Å². The van der Waals surface area contributed by atoms with Gasteiger partial charge in [-0.25, -0.2) is 4.39 Å². The first-order chi connectivity index (χ1) is 8.49. The van der Waals surface area contributed by atoms with E-state index in [1.807, 2.05) is 18.2 Å². The van der Waals surface area contributed by atoms with Gasteiger partial charge in [-0.3, -0.25) is 0 Å². The molecule has 0 heterocycles. The average Bonchev–Trinajstić information content (AvgIpc) is 2.31. The molecule has 5 heteroatoms. The molecule has 2 aromatic carbocycles. The minimum atomic E-state index is -0.323. The zero-order valence-corrected chi connectivity index (χ0v) is 14.4. The van der Waals surface area contributed by atoms with Crippen LogP contribution < -0.4 is 0 Å². The Hall–Kier alpha value is 0.1000. The van der Waals surface area contributed by atoms with E-state index in [1.54, 1.807) is 12.1 Å². The van der Waals surface area contributed by atoms with Crippen LogP contribution in [0.4, 0.5) is 4.39 Å². The van der Waals surface area contributed by atoms with Crippen molar-refractivity contribution in [2.24, 2.45) is 0 Å². The molecule has 0 N–H and O–H groups in total. The van der Waals surface area contributed by atoms with Crippen LogP contribution >= 0.6 is 59.4 Å². The van der Waals surface area contributed by atoms with E-state index in [4.69, 9.17) is 11.6 Å². The van der Waals surface area contributed by atoms with Crippen molar-refractivity contribution < 1.29 is 4.39 Å². The molecular weight excluding hydrogens is 450 g/mol. The first kappa shape index (κ1) is 14.5. The van der Waals surface area contributed by atoms with E-state index in [-0.39, 0.29) is 10.6 Å². The summed E-state index contributed by atoms with van der Waals surface area (Å²) in [6.07, 6.45) is 0. The van der Waals surface area contributed by atoms with Crippen molar-refractivity contribution in [2.75, 3.05) is 0 Å². The monoisotopic (exact) mass is 454 g/mol. The van der Waals surface area contributed by atoms with Gasteiger partial charge in [-0.15, -0.1) is 0 Å². The molecule has 0 aliphatic heterocycles. The molecule has 0 radical (unpaired) electrons. The van der Waals surface area contributed by atoms with Gasteiger partial charge in [0, 0.05) is 19.5 Å². The van der Waals surface area contributed by atoms with Crippen LogP contribution in [0.25, 0.3) is 0 Å². The summed E-state index contributed by atoms with van der Waals surface area (Å²) in [6.45, 7) is 0. The molecule has 2 aromatic rings. The average molecular weight is 457 g/mol.